The Morgan fingerprint density at radius 2 is 1.63 bits per heavy atom. The van der Waals surface area contributed by atoms with E-state index in [1.165, 1.54) is 45.0 Å². The van der Waals surface area contributed by atoms with Gasteiger partial charge in [0, 0.05) is 5.56 Å². The Morgan fingerprint density at radius 1 is 1.16 bits per heavy atom. The number of hydrogen-bond donors (Lipinski definition) is 1. The summed E-state index contributed by atoms with van der Waals surface area (Å²) < 4.78 is 24.2. The van der Waals surface area contributed by atoms with Crippen LogP contribution in [0.3, 0.4) is 0 Å². The molecule has 0 amide bonds. The van der Waals surface area contributed by atoms with Crippen molar-refractivity contribution < 1.29 is 23.1 Å². The van der Waals surface area contributed by atoms with Gasteiger partial charge in [-0.3, -0.25) is 9.59 Å². The third kappa shape index (κ3) is 3.64. The number of sulfone groups is 1. The van der Waals surface area contributed by atoms with E-state index in [9.17, 15) is 18.0 Å². The molecule has 1 aromatic rings. The summed E-state index contributed by atoms with van der Waals surface area (Å²) >= 11 is 0. The third-order valence-corrected chi connectivity index (χ3v) is 4.84. The minimum atomic E-state index is -3.70. The summed E-state index contributed by atoms with van der Waals surface area (Å²) in [5.74, 6) is -1.82. The van der Waals surface area contributed by atoms with E-state index in [1.807, 2.05) is 0 Å². The van der Waals surface area contributed by atoms with Crippen LogP contribution in [0.25, 0.3) is 0 Å². The number of Topliss-reactive ketones (excluding diaryl/α,β-unsaturated/α-hetero) is 1. The van der Waals surface area contributed by atoms with E-state index in [-0.39, 0.29) is 10.7 Å². The van der Waals surface area contributed by atoms with Gasteiger partial charge in [-0.25, -0.2) is 8.42 Å². The Morgan fingerprint density at radius 3 is 2.00 bits per heavy atom. The first-order chi connectivity index (χ1) is 8.56. The quantitative estimate of drug-likeness (QED) is 0.832. The molecule has 0 aliphatic carbocycles. The second-order valence-corrected chi connectivity index (χ2v) is 7.02. The number of rotatable bonds is 5. The number of carboxylic acids is 1. The number of carbonyl (C=O) groups is 2. The van der Waals surface area contributed by atoms with Crippen LogP contribution in [0.4, 0.5) is 0 Å². The zero-order valence-corrected chi connectivity index (χ0v) is 11.8. The Kier molecular flexibility index (Phi) is 4.15. The second kappa shape index (κ2) is 5.13. The van der Waals surface area contributed by atoms with E-state index in [2.05, 4.69) is 0 Å². The highest BCUT2D eigenvalue weighted by molar-refractivity contribution is 7.91. The van der Waals surface area contributed by atoms with E-state index in [1.54, 1.807) is 0 Å². The summed E-state index contributed by atoms with van der Waals surface area (Å²) in [6.45, 7) is 4.10. The highest BCUT2D eigenvalue weighted by Crippen LogP contribution is 2.23. The SMILES string of the molecule is CC(=O)c1ccc(S(=O)(=O)CC(C)(C)C(=O)O)cc1. The molecule has 0 atom stereocenters. The standard InChI is InChI=1S/C13H16O5S/c1-9(14)10-4-6-11(7-5-10)19(17,18)8-13(2,3)12(15)16/h4-7H,8H2,1-3H3,(H,15,16). The zero-order valence-electron chi connectivity index (χ0n) is 11.0. The number of hydrogen-bond acceptors (Lipinski definition) is 4. The number of carboxylic acid groups (broad SMARTS) is 1. The van der Waals surface area contributed by atoms with Crippen LogP contribution in [0.5, 0.6) is 0 Å². The van der Waals surface area contributed by atoms with E-state index in [4.69, 9.17) is 5.11 Å². The molecule has 1 N–H and O–H groups in total. The molecular weight excluding hydrogens is 268 g/mol. The van der Waals surface area contributed by atoms with Crippen LogP contribution in [-0.2, 0) is 14.6 Å². The molecule has 104 valence electrons. The second-order valence-electron chi connectivity index (χ2n) is 5.03. The van der Waals surface area contributed by atoms with Gasteiger partial charge in [-0.05, 0) is 32.9 Å². The Bertz CT molecular complexity index is 596. The summed E-state index contributed by atoms with van der Waals surface area (Å²) in [5, 5.41) is 8.96. The van der Waals surface area contributed by atoms with Crippen molar-refractivity contribution in [2.75, 3.05) is 5.75 Å². The first kappa shape index (κ1) is 15.4. The van der Waals surface area contributed by atoms with Crippen molar-refractivity contribution in [2.45, 2.75) is 25.7 Å². The highest BCUT2D eigenvalue weighted by atomic mass is 32.2. The molecule has 0 unspecified atom stereocenters. The predicted molar refractivity (Wildman–Crippen MR) is 69.9 cm³/mol. The number of ketones is 1. The highest BCUT2D eigenvalue weighted by Gasteiger charge is 2.34. The van der Waals surface area contributed by atoms with Gasteiger partial charge in [0.1, 0.15) is 0 Å². The van der Waals surface area contributed by atoms with Gasteiger partial charge in [-0.1, -0.05) is 12.1 Å². The lowest BCUT2D eigenvalue weighted by molar-refractivity contribution is -0.145. The molecule has 0 aromatic heterocycles. The maximum absolute atomic E-state index is 12.1. The minimum absolute atomic E-state index is 0.0202. The number of benzene rings is 1. The fraction of sp³-hybridized carbons (Fsp3) is 0.385. The molecule has 5 nitrogen and oxygen atoms in total. The summed E-state index contributed by atoms with van der Waals surface area (Å²) in [6, 6.07) is 5.49. The molecule has 0 saturated carbocycles. The van der Waals surface area contributed by atoms with Crippen molar-refractivity contribution in [1.29, 1.82) is 0 Å². The minimum Gasteiger partial charge on any atom is -0.481 e. The summed E-state index contributed by atoms with van der Waals surface area (Å²) in [6.07, 6.45) is 0. The average molecular weight is 284 g/mol. The molecule has 6 heteroatoms. The van der Waals surface area contributed by atoms with Crippen LogP contribution >= 0.6 is 0 Å². The summed E-state index contributed by atoms with van der Waals surface area (Å²) in [5.41, 5.74) is -0.950. The van der Waals surface area contributed by atoms with Gasteiger partial charge in [0.2, 0.25) is 0 Å². The lowest BCUT2D eigenvalue weighted by Crippen LogP contribution is -2.32. The normalized spacial score (nSPS) is 12.2. The molecule has 0 aliphatic heterocycles. The van der Waals surface area contributed by atoms with E-state index < -0.39 is 27.0 Å². The predicted octanol–water partition coefficient (Wildman–Crippen LogP) is 1.77. The van der Waals surface area contributed by atoms with Crippen molar-refractivity contribution in [2.24, 2.45) is 5.41 Å². The van der Waals surface area contributed by atoms with Gasteiger partial charge in [0.15, 0.2) is 15.6 Å². The molecule has 0 aliphatic rings. The van der Waals surface area contributed by atoms with E-state index in [0.29, 0.717) is 5.56 Å². The molecule has 0 heterocycles. The fourth-order valence-electron chi connectivity index (χ4n) is 1.52. The smallest absolute Gasteiger partial charge is 0.310 e. The van der Waals surface area contributed by atoms with Crippen LogP contribution in [0.1, 0.15) is 31.1 Å². The van der Waals surface area contributed by atoms with Gasteiger partial charge in [0.05, 0.1) is 16.1 Å². The Labute approximate surface area is 112 Å². The molecule has 0 spiro atoms. The maximum Gasteiger partial charge on any atom is 0.310 e. The molecule has 1 rings (SSSR count). The average Bonchev–Trinajstić information content (AvgIpc) is 2.27. The van der Waals surface area contributed by atoms with Gasteiger partial charge in [0.25, 0.3) is 0 Å². The monoisotopic (exact) mass is 284 g/mol. The van der Waals surface area contributed by atoms with Crippen LogP contribution in [-0.4, -0.2) is 31.0 Å². The van der Waals surface area contributed by atoms with Crippen molar-refractivity contribution in [1.82, 2.24) is 0 Å². The molecule has 0 saturated heterocycles. The summed E-state index contributed by atoms with van der Waals surface area (Å²) in [7, 11) is -3.70. The van der Waals surface area contributed by atoms with Crippen LogP contribution in [0.2, 0.25) is 0 Å². The van der Waals surface area contributed by atoms with Crippen molar-refractivity contribution in [3.05, 3.63) is 29.8 Å². The molecule has 1 aromatic carbocycles. The van der Waals surface area contributed by atoms with Gasteiger partial charge < -0.3 is 5.11 Å². The maximum atomic E-state index is 12.1. The Hall–Kier alpha value is -1.69. The first-order valence-electron chi connectivity index (χ1n) is 5.63. The van der Waals surface area contributed by atoms with Crippen molar-refractivity contribution in [3.8, 4) is 0 Å². The third-order valence-electron chi connectivity index (χ3n) is 2.75. The lowest BCUT2D eigenvalue weighted by atomic mass is 9.97. The summed E-state index contributed by atoms with van der Waals surface area (Å²) in [4.78, 5) is 22.1. The molecular formula is C13H16O5S. The van der Waals surface area contributed by atoms with Crippen molar-refractivity contribution in [3.63, 3.8) is 0 Å². The molecule has 19 heavy (non-hydrogen) atoms. The topological polar surface area (TPSA) is 88.5 Å². The fourth-order valence-corrected chi connectivity index (χ4v) is 3.31. The number of carbonyl (C=O) groups excluding carboxylic acids is 1. The van der Waals surface area contributed by atoms with Crippen LogP contribution in [0.15, 0.2) is 29.2 Å². The van der Waals surface area contributed by atoms with Crippen molar-refractivity contribution >= 4 is 21.6 Å². The van der Waals surface area contributed by atoms with Gasteiger partial charge >= 0.3 is 5.97 Å². The molecule has 0 radical (unpaired) electrons. The van der Waals surface area contributed by atoms with E-state index in [0.717, 1.165) is 0 Å². The zero-order chi connectivity index (χ0) is 14.8. The lowest BCUT2D eigenvalue weighted by Gasteiger charge is -2.18. The van der Waals surface area contributed by atoms with E-state index >= 15 is 0 Å². The molecule has 0 bridgehead atoms. The Balaban J connectivity index is 3.08. The van der Waals surface area contributed by atoms with Crippen LogP contribution in [0, 0.1) is 5.41 Å². The van der Waals surface area contributed by atoms with Gasteiger partial charge in [-0.2, -0.15) is 0 Å². The van der Waals surface area contributed by atoms with Gasteiger partial charge in [-0.15, -0.1) is 0 Å². The largest absolute Gasteiger partial charge is 0.481 e. The molecule has 0 fully saturated rings. The number of aliphatic carboxylic acids is 1. The van der Waals surface area contributed by atoms with Crippen LogP contribution < -0.4 is 0 Å². The first-order valence-corrected chi connectivity index (χ1v) is 7.29.